The molecule has 0 aliphatic heterocycles. The topological polar surface area (TPSA) is 79.2 Å². The molecule has 6 heteroatoms. The lowest BCUT2D eigenvalue weighted by molar-refractivity contribution is 0.118. The van der Waals surface area contributed by atoms with Gasteiger partial charge < -0.3 is 10.4 Å². The van der Waals surface area contributed by atoms with Crippen LogP contribution in [-0.4, -0.2) is 33.1 Å². The number of aliphatic hydroxyl groups excluding tert-OH is 1. The zero-order chi connectivity index (χ0) is 13.8. The SMILES string of the molecule is CCc1cc(NC(=O)NC2CCC(O)CC2)n(C)n1. The molecule has 6 nitrogen and oxygen atoms in total. The van der Waals surface area contributed by atoms with Gasteiger partial charge in [-0.15, -0.1) is 0 Å². The van der Waals surface area contributed by atoms with Crippen molar-refractivity contribution in [3.63, 3.8) is 0 Å². The van der Waals surface area contributed by atoms with E-state index in [9.17, 15) is 9.90 Å². The zero-order valence-corrected chi connectivity index (χ0v) is 11.5. The van der Waals surface area contributed by atoms with Gasteiger partial charge in [-0.2, -0.15) is 5.10 Å². The highest BCUT2D eigenvalue weighted by atomic mass is 16.3. The number of nitrogens with zero attached hydrogens (tertiary/aromatic N) is 2. The second-order valence-corrected chi connectivity index (χ2v) is 5.10. The number of carbonyl (C=O) groups excluding carboxylic acids is 1. The lowest BCUT2D eigenvalue weighted by atomic mass is 9.93. The van der Waals surface area contributed by atoms with Gasteiger partial charge in [-0.25, -0.2) is 4.79 Å². The second-order valence-electron chi connectivity index (χ2n) is 5.10. The Kier molecular flexibility index (Phi) is 4.42. The first-order valence-electron chi connectivity index (χ1n) is 6.87. The first kappa shape index (κ1) is 13.9. The largest absolute Gasteiger partial charge is 0.393 e. The highest BCUT2D eigenvalue weighted by Gasteiger charge is 2.21. The van der Waals surface area contributed by atoms with Gasteiger partial charge in [0, 0.05) is 19.2 Å². The predicted octanol–water partition coefficient (Wildman–Crippen LogP) is 1.41. The third-order valence-corrected chi connectivity index (χ3v) is 3.57. The summed E-state index contributed by atoms with van der Waals surface area (Å²) in [5.74, 6) is 0.699. The van der Waals surface area contributed by atoms with Crippen molar-refractivity contribution in [2.24, 2.45) is 7.05 Å². The molecule has 2 amide bonds. The third kappa shape index (κ3) is 3.70. The van der Waals surface area contributed by atoms with Gasteiger partial charge in [-0.3, -0.25) is 10.00 Å². The van der Waals surface area contributed by atoms with Gasteiger partial charge in [0.1, 0.15) is 5.82 Å². The van der Waals surface area contributed by atoms with Crippen LogP contribution in [0.3, 0.4) is 0 Å². The van der Waals surface area contributed by atoms with Crippen molar-refractivity contribution < 1.29 is 9.90 Å². The predicted molar refractivity (Wildman–Crippen MR) is 73.0 cm³/mol. The summed E-state index contributed by atoms with van der Waals surface area (Å²) in [5.41, 5.74) is 0.957. The number of amides is 2. The van der Waals surface area contributed by atoms with Crippen molar-refractivity contribution in [3.05, 3.63) is 11.8 Å². The number of carbonyl (C=O) groups is 1. The third-order valence-electron chi connectivity index (χ3n) is 3.57. The molecule has 1 fully saturated rings. The first-order valence-corrected chi connectivity index (χ1v) is 6.87. The van der Waals surface area contributed by atoms with E-state index in [1.807, 2.05) is 20.0 Å². The Balaban J connectivity index is 1.85. The van der Waals surface area contributed by atoms with E-state index in [4.69, 9.17) is 0 Å². The average molecular weight is 266 g/mol. The number of rotatable bonds is 3. The Labute approximate surface area is 113 Å². The van der Waals surface area contributed by atoms with E-state index in [0.717, 1.165) is 37.8 Å². The molecule has 1 aliphatic carbocycles. The Bertz CT molecular complexity index is 436. The molecule has 0 spiro atoms. The van der Waals surface area contributed by atoms with E-state index >= 15 is 0 Å². The normalized spacial score (nSPS) is 23.1. The van der Waals surface area contributed by atoms with Crippen molar-refractivity contribution in [1.82, 2.24) is 15.1 Å². The van der Waals surface area contributed by atoms with Gasteiger partial charge in [0.05, 0.1) is 11.8 Å². The van der Waals surface area contributed by atoms with Gasteiger partial charge in [0.25, 0.3) is 0 Å². The summed E-state index contributed by atoms with van der Waals surface area (Å²) in [6.07, 6.45) is 3.83. The second kappa shape index (κ2) is 6.06. The van der Waals surface area contributed by atoms with Crippen LogP contribution in [0.2, 0.25) is 0 Å². The number of hydrogen-bond acceptors (Lipinski definition) is 3. The minimum absolute atomic E-state index is 0.155. The highest BCUT2D eigenvalue weighted by Crippen LogP contribution is 2.18. The number of aryl methyl sites for hydroxylation is 2. The minimum atomic E-state index is -0.203. The summed E-state index contributed by atoms with van der Waals surface area (Å²) in [6, 6.07) is 1.83. The van der Waals surface area contributed by atoms with E-state index in [2.05, 4.69) is 15.7 Å². The van der Waals surface area contributed by atoms with Crippen LogP contribution < -0.4 is 10.6 Å². The van der Waals surface area contributed by atoms with Gasteiger partial charge in [-0.05, 0) is 32.1 Å². The van der Waals surface area contributed by atoms with Crippen LogP contribution in [0.1, 0.15) is 38.3 Å². The van der Waals surface area contributed by atoms with Gasteiger partial charge in [-0.1, -0.05) is 6.92 Å². The van der Waals surface area contributed by atoms with Gasteiger partial charge in [0.15, 0.2) is 0 Å². The molecule has 1 saturated carbocycles. The monoisotopic (exact) mass is 266 g/mol. The summed E-state index contributed by atoms with van der Waals surface area (Å²) in [6.45, 7) is 2.03. The summed E-state index contributed by atoms with van der Waals surface area (Å²) >= 11 is 0. The van der Waals surface area contributed by atoms with Crippen molar-refractivity contribution in [2.75, 3.05) is 5.32 Å². The van der Waals surface area contributed by atoms with Crippen LogP contribution in [0, 0.1) is 0 Å². The Morgan fingerprint density at radius 2 is 2.16 bits per heavy atom. The van der Waals surface area contributed by atoms with Crippen molar-refractivity contribution in [1.29, 1.82) is 0 Å². The van der Waals surface area contributed by atoms with Crippen molar-refractivity contribution in [3.8, 4) is 0 Å². The van der Waals surface area contributed by atoms with Crippen LogP contribution >= 0.6 is 0 Å². The molecule has 1 heterocycles. The number of aliphatic hydroxyl groups is 1. The number of hydrogen-bond donors (Lipinski definition) is 3. The number of urea groups is 1. The molecular weight excluding hydrogens is 244 g/mol. The lowest BCUT2D eigenvalue weighted by Gasteiger charge is -2.26. The molecule has 0 aromatic carbocycles. The Morgan fingerprint density at radius 1 is 1.47 bits per heavy atom. The fourth-order valence-corrected chi connectivity index (χ4v) is 2.37. The molecule has 19 heavy (non-hydrogen) atoms. The lowest BCUT2D eigenvalue weighted by Crippen LogP contribution is -2.41. The molecule has 2 rings (SSSR count). The molecule has 0 unspecified atom stereocenters. The molecule has 0 atom stereocenters. The van der Waals surface area contributed by atoms with Crippen LogP contribution in [0.15, 0.2) is 6.07 Å². The molecule has 1 aromatic rings. The summed E-state index contributed by atoms with van der Waals surface area (Å²) in [5, 5.41) is 19.5. The summed E-state index contributed by atoms with van der Waals surface area (Å²) < 4.78 is 1.67. The molecule has 3 N–H and O–H groups in total. The number of nitrogens with one attached hydrogen (secondary N) is 2. The highest BCUT2D eigenvalue weighted by molar-refractivity contribution is 5.88. The van der Waals surface area contributed by atoms with Crippen LogP contribution in [-0.2, 0) is 13.5 Å². The van der Waals surface area contributed by atoms with Crippen LogP contribution in [0.4, 0.5) is 10.6 Å². The fraction of sp³-hybridized carbons (Fsp3) is 0.692. The molecule has 1 aromatic heterocycles. The number of aromatic nitrogens is 2. The van der Waals surface area contributed by atoms with Gasteiger partial charge in [0.2, 0.25) is 0 Å². The quantitative estimate of drug-likeness (QED) is 0.774. The molecular formula is C13H22N4O2. The van der Waals surface area contributed by atoms with Crippen molar-refractivity contribution in [2.45, 2.75) is 51.2 Å². The van der Waals surface area contributed by atoms with Gasteiger partial charge >= 0.3 is 6.03 Å². The van der Waals surface area contributed by atoms with E-state index in [0.29, 0.717) is 5.82 Å². The fourth-order valence-electron chi connectivity index (χ4n) is 2.37. The van der Waals surface area contributed by atoms with Crippen LogP contribution in [0.25, 0.3) is 0 Å². The Hall–Kier alpha value is -1.56. The smallest absolute Gasteiger partial charge is 0.320 e. The molecule has 0 bridgehead atoms. The van der Waals surface area contributed by atoms with E-state index < -0.39 is 0 Å². The summed E-state index contributed by atoms with van der Waals surface area (Å²) in [7, 11) is 1.81. The van der Waals surface area contributed by atoms with E-state index in [1.165, 1.54) is 0 Å². The Morgan fingerprint density at radius 3 is 2.74 bits per heavy atom. The maximum atomic E-state index is 11.9. The standard InChI is InChI=1S/C13H22N4O2/c1-3-9-8-12(17(2)16-9)15-13(19)14-10-4-6-11(18)7-5-10/h8,10-11,18H,3-7H2,1-2H3,(H2,14,15,19). The zero-order valence-electron chi connectivity index (χ0n) is 11.5. The molecule has 106 valence electrons. The molecule has 1 aliphatic rings. The molecule has 0 radical (unpaired) electrons. The maximum absolute atomic E-state index is 11.9. The van der Waals surface area contributed by atoms with E-state index in [-0.39, 0.29) is 18.2 Å². The van der Waals surface area contributed by atoms with Crippen molar-refractivity contribution >= 4 is 11.8 Å². The maximum Gasteiger partial charge on any atom is 0.320 e. The molecule has 0 saturated heterocycles. The van der Waals surface area contributed by atoms with Crippen LogP contribution in [0.5, 0.6) is 0 Å². The minimum Gasteiger partial charge on any atom is -0.393 e. The number of anilines is 1. The van der Waals surface area contributed by atoms with E-state index in [1.54, 1.807) is 4.68 Å². The summed E-state index contributed by atoms with van der Waals surface area (Å²) in [4.78, 5) is 11.9. The first-order chi connectivity index (χ1) is 9.08. The average Bonchev–Trinajstić information content (AvgIpc) is 2.73.